The molecule has 2 atom stereocenters. The third kappa shape index (κ3) is 3.47. The summed E-state index contributed by atoms with van der Waals surface area (Å²) in [5, 5.41) is 9.09. The first-order chi connectivity index (χ1) is 8.51. The Kier molecular flexibility index (Phi) is 5.63. The van der Waals surface area contributed by atoms with Crippen molar-refractivity contribution >= 4 is 11.9 Å². The topological polar surface area (TPSA) is 57.6 Å². The van der Waals surface area contributed by atoms with Crippen molar-refractivity contribution in [3.63, 3.8) is 0 Å². The molecule has 0 aliphatic carbocycles. The fourth-order valence-corrected chi connectivity index (χ4v) is 2.81. The molecular formula is C14H25NO3. The van der Waals surface area contributed by atoms with E-state index in [1.807, 2.05) is 6.92 Å². The maximum atomic E-state index is 12.4. The molecule has 0 spiro atoms. The molecule has 2 unspecified atom stereocenters. The average Bonchev–Trinajstić information content (AvgIpc) is 2.70. The van der Waals surface area contributed by atoms with Crippen molar-refractivity contribution in [2.75, 3.05) is 13.1 Å². The van der Waals surface area contributed by atoms with Crippen LogP contribution in [-0.4, -0.2) is 35.0 Å². The van der Waals surface area contributed by atoms with E-state index in [9.17, 15) is 9.59 Å². The van der Waals surface area contributed by atoms with E-state index >= 15 is 0 Å². The number of carbonyl (C=O) groups excluding carboxylic acids is 1. The highest BCUT2D eigenvalue weighted by Gasteiger charge is 2.38. The Morgan fingerprint density at radius 1 is 1.22 bits per heavy atom. The van der Waals surface area contributed by atoms with Gasteiger partial charge >= 0.3 is 5.97 Å². The van der Waals surface area contributed by atoms with Crippen LogP contribution in [0.25, 0.3) is 0 Å². The summed E-state index contributed by atoms with van der Waals surface area (Å²) < 4.78 is 0. The number of carboxylic acids is 1. The van der Waals surface area contributed by atoms with Gasteiger partial charge in [0.25, 0.3) is 0 Å². The SMILES string of the molecule is CCCC(CCC)C(=O)N1CC(C)C(C(=O)O)C1. The smallest absolute Gasteiger partial charge is 0.308 e. The zero-order valence-corrected chi connectivity index (χ0v) is 11.7. The highest BCUT2D eigenvalue weighted by molar-refractivity contribution is 5.81. The Bertz CT molecular complexity index is 297. The zero-order chi connectivity index (χ0) is 13.7. The van der Waals surface area contributed by atoms with Crippen molar-refractivity contribution in [1.82, 2.24) is 4.90 Å². The van der Waals surface area contributed by atoms with Gasteiger partial charge in [0.2, 0.25) is 5.91 Å². The minimum Gasteiger partial charge on any atom is -0.481 e. The van der Waals surface area contributed by atoms with Gasteiger partial charge in [0.15, 0.2) is 0 Å². The lowest BCUT2D eigenvalue weighted by Gasteiger charge is -2.23. The van der Waals surface area contributed by atoms with Gasteiger partial charge in [0.05, 0.1) is 5.92 Å². The van der Waals surface area contributed by atoms with Crippen LogP contribution >= 0.6 is 0 Å². The van der Waals surface area contributed by atoms with E-state index in [1.165, 1.54) is 0 Å². The van der Waals surface area contributed by atoms with E-state index in [0.29, 0.717) is 13.1 Å². The first-order valence-electron chi connectivity index (χ1n) is 7.02. The first-order valence-corrected chi connectivity index (χ1v) is 7.02. The summed E-state index contributed by atoms with van der Waals surface area (Å²) in [5.41, 5.74) is 0. The number of hydrogen-bond donors (Lipinski definition) is 1. The van der Waals surface area contributed by atoms with E-state index in [4.69, 9.17) is 5.11 Å². The molecule has 4 nitrogen and oxygen atoms in total. The summed E-state index contributed by atoms with van der Waals surface area (Å²) in [6.45, 7) is 7.07. The number of amides is 1. The normalized spacial score (nSPS) is 23.7. The lowest BCUT2D eigenvalue weighted by atomic mass is 9.97. The fraction of sp³-hybridized carbons (Fsp3) is 0.857. The van der Waals surface area contributed by atoms with Crippen LogP contribution in [0, 0.1) is 17.8 Å². The lowest BCUT2D eigenvalue weighted by Crippen LogP contribution is -2.35. The van der Waals surface area contributed by atoms with Gasteiger partial charge in [0.1, 0.15) is 0 Å². The van der Waals surface area contributed by atoms with Crippen LogP contribution in [0.5, 0.6) is 0 Å². The molecule has 1 heterocycles. The standard InChI is InChI=1S/C14H25NO3/c1-4-6-11(7-5-2)13(16)15-8-10(3)12(9-15)14(17)18/h10-12H,4-9H2,1-3H3,(H,17,18). The predicted molar refractivity (Wildman–Crippen MR) is 70.2 cm³/mol. The molecule has 1 rings (SSSR count). The van der Waals surface area contributed by atoms with Crippen LogP contribution in [0.1, 0.15) is 46.5 Å². The van der Waals surface area contributed by atoms with Crippen molar-refractivity contribution in [2.24, 2.45) is 17.8 Å². The fourth-order valence-electron chi connectivity index (χ4n) is 2.81. The largest absolute Gasteiger partial charge is 0.481 e. The third-order valence-corrected chi connectivity index (χ3v) is 3.86. The number of nitrogens with zero attached hydrogens (tertiary/aromatic N) is 1. The van der Waals surface area contributed by atoms with Crippen LogP contribution in [-0.2, 0) is 9.59 Å². The molecule has 0 saturated carbocycles. The molecule has 104 valence electrons. The number of aliphatic carboxylic acids is 1. The quantitative estimate of drug-likeness (QED) is 0.792. The zero-order valence-electron chi connectivity index (χ0n) is 11.7. The van der Waals surface area contributed by atoms with Crippen molar-refractivity contribution in [2.45, 2.75) is 46.5 Å². The van der Waals surface area contributed by atoms with Crippen LogP contribution in [0.3, 0.4) is 0 Å². The molecule has 0 radical (unpaired) electrons. The average molecular weight is 255 g/mol. The minimum atomic E-state index is -0.777. The first kappa shape index (κ1) is 15.0. The minimum absolute atomic E-state index is 0.0651. The van der Waals surface area contributed by atoms with Gasteiger partial charge in [-0.05, 0) is 18.8 Å². The molecular weight excluding hydrogens is 230 g/mol. The summed E-state index contributed by atoms with van der Waals surface area (Å²) >= 11 is 0. The van der Waals surface area contributed by atoms with E-state index in [-0.39, 0.29) is 17.7 Å². The number of carbonyl (C=O) groups is 2. The van der Waals surface area contributed by atoms with Gasteiger partial charge in [-0.1, -0.05) is 33.6 Å². The van der Waals surface area contributed by atoms with E-state index in [1.54, 1.807) is 4.90 Å². The highest BCUT2D eigenvalue weighted by atomic mass is 16.4. The van der Waals surface area contributed by atoms with Crippen LogP contribution in [0.15, 0.2) is 0 Å². The summed E-state index contributed by atoms with van der Waals surface area (Å²) in [6.07, 6.45) is 3.83. The third-order valence-electron chi connectivity index (χ3n) is 3.86. The van der Waals surface area contributed by atoms with Gasteiger partial charge < -0.3 is 10.0 Å². The van der Waals surface area contributed by atoms with Crippen LogP contribution < -0.4 is 0 Å². The molecule has 18 heavy (non-hydrogen) atoms. The molecule has 4 heteroatoms. The molecule has 1 saturated heterocycles. The molecule has 1 aliphatic rings. The Hall–Kier alpha value is -1.06. The Balaban J connectivity index is 2.64. The second kappa shape index (κ2) is 6.76. The number of likely N-dealkylation sites (tertiary alicyclic amines) is 1. The van der Waals surface area contributed by atoms with Gasteiger partial charge in [-0.2, -0.15) is 0 Å². The van der Waals surface area contributed by atoms with E-state index < -0.39 is 11.9 Å². The van der Waals surface area contributed by atoms with Crippen molar-refractivity contribution < 1.29 is 14.7 Å². The van der Waals surface area contributed by atoms with Gasteiger partial charge in [-0.25, -0.2) is 0 Å². The van der Waals surface area contributed by atoms with Gasteiger partial charge in [-0.3, -0.25) is 9.59 Å². The molecule has 1 fully saturated rings. The van der Waals surface area contributed by atoms with Gasteiger partial charge in [-0.15, -0.1) is 0 Å². The predicted octanol–water partition coefficient (Wildman–Crippen LogP) is 2.38. The number of carboxylic acid groups (broad SMARTS) is 1. The van der Waals surface area contributed by atoms with Gasteiger partial charge in [0, 0.05) is 19.0 Å². The molecule has 0 aromatic carbocycles. The second-order valence-electron chi connectivity index (χ2n) is 5.44. The molecule has 1 amide bonds. The lowest BCUT2D eigenvalue weighted by molar-refractivity contribution is -0.142. The maximum Gasteiger partial charge on any atom is 0.308 e. The Morgan fingerprint density at radius 2 is 1.78 bits per heavy atom. The molecule has 1 aliphatic heterocycles. The number of rotatable bonds is 6. The van der Waals surface area contributed by atoms with Crippen LogP contribution in [0.4, 0.5) is 0 Å². The van der Waals surface area contributed by atoms with Crippen molar-refractivity contribution in [3.8, 4) is 0 Å². The summed E-state index contributed by atoms with van der Waals surface area (Å²) in [6, 6.07) is 0. The molecule has 1 N–H and O–H groups in total. The molecule has 0 bridgehead atoms. The Labute approximate surface area is 109 Å². The summed E-state index contributed by atoms with van der Waals surface area (Å²) in [4.78, 5) is 25.2. The Morgan fingerprint density at radius 3 is 2.17 bits per heavy atom. The van der Waals surface area contributed by atoms with Crippen molar-refractivity contribution in [1.29, 1.82) is 0 Å². The van der Waals surface area contributed by atoms with E-state index in [0.717, 1.165) is 25.7 Å². The second-order valence-corrected chi connectivity index (χ2v) is 5.44. The highest BCUT2D eigenvalue weighted by Crippen LogP contribution is 2.26. The molecule has 0 aromatic heterocycles. The van der Waals surface area contributed by atoms with Crippen LogP contribution in [0.2, 0.25) is 0 Å². The van der Waals surface area contributed by atoms with Crippen molar-refractivity contribution in [3.05, 3.63) is 0 Å². The number of hydrogen-bond acceptors (Lipinski definition) is 2. The summed E-state index contributed by atoms with van der Waals surface area (Å²) in [5.74, 6) is -0.859. The molecule has 0 aromatic rings. The monoisotopic (exact) mass is 255 g/mol. The summed E-state index contributed by atoms with van der Waals surface area (Å²) in [7, 11) is 0. The van der Waals surface area contributed by atoms with E-state index in [2.05, 4.69) is 13.8 Å². The maximum absolute atomic E-state index is 12.4.